The number of aromatic nitrogens is 3. The minimum atomic E-state index is -0.760. The first-order valence-corrected chi connectivity index (χ1v) is 5.80. The zero-order valence-electron chi connectivity index (χ0n) is 9.29. The van der Waals surface area contributed by atoms with Crippen molar-refractivity contribution in [3.63, 3.8) is 0 Å². The second-order valence-electron chi connectivity index (χ2n) is 3.53. The predicted molar refractivity (Wildman–Crippen MR) is 65.1 cm³/mol. The summed E-state index contributed by atoms with van der Waals surface area (Å²) in [5, 5.41) is 14.0. The molecule has 0 aliphatic heterocycles. The van der Waals surface area contributed by atoms with Crippen LogP contribution in [-0.4, -0.2) is 25.5 Å². The molecule has 0 amide bonds. The van der Waals surface area contributed by atoms with Gasteiger partial charge in [-0.3, -0.25) is 4.79 Å². The lowest BCUT2D eigenvalue weighted by atomic mass is 10.1. The number of Topliss-reactive ketones (excluding diaryl/α,β-unsaturated/α-hetero) is 1. The number of carbonyl (C=O) groups excluding carboxylic acids is 1. The van der Waals surface area contributed by atoms with Gasteiger partial charge in [-0.15, -0.1) is 0 Å². The van der Waals surface area contributed by atoms with E-state index in [1.807, 2.05) is 0 Å². The van der Waals surface area contributed by atoms with Crippen LogP contribution in [-0.2, 0) is 6.54 Å². The van der Waals surface area contributed by atoms with E-state index in [-0.39, 0.29) is 22.6 Å². The standard InChI is InChI=1S/C10H6BrFN4O3/c11-9-13-10(16(18)19)14-15(9)5-8(17)6-1-3-7(12)4-2-6/h1-4H,5H2. The zero-order chi connectivity index (χ0) is 14.0. The normalized spacial score (nSPS) is 10.4. The Balaban J connectivity index is 2.19. The number of benzene rings is 1. The first kappa shape index (κ1) is 13.3. The lowest BCUT2D eigenvalue weighted by Gasteiger charge is -1.99. The Kier molecular flexibility index (Phi) is 3.65. The quantitative estimate of drug-likeness (QED) is 0.486. The van der Waals surface area contributed by atoms with E-state index in [2.05, 4.69) is 26.0 Å². The Bertz CT molecular complexity index is 641. The molecule has 0 N–H and O–H groups in total. The molecule has 2 rings (SSSR count). The third-order valence-electron chi connectivity index (χ3n) is 2.24. The molecule has 0 aliphatic rings. The summed E-state index contributed by atoms with van der Waals surface area (Å²) < 4.78 is 13.8. The Morgan fingerprint density at radius 1 is 1.42 bits per heavy atom. The van der Waals surface area contributed by atoms with E-state index in [1.54, 1.807) is 0 Å². The summed E-state index contributed by atoms with van der Waals surface area (Å²) in [7, 11) is 0. The molecule has 7 nitrogen and oxygen atoms in total. The van der Waals surface area contributed by atoms with Gasteiger partial charge >= 0.3 is 5.95 Å². The largest absolute Gasteiger partial charge is 0.492 e. The van der Waals surface area contributed by atoms with Gasteiger partial charge in [0.2, 0.25) is 0 Å². The minimum Gasteiger partial charge on any atom is -0.390 e. The van der Waals surface area contributed by atoms with Gasteiger partial charge in [0.1, 0.15) is 12.4 Å². The van der Waals surface area contributed by atoms with Crippen LogP contribution in [0.3, 0.4) is 0 Å². The van der Waals surface area contributed by atoms with Gasteiger partial charge < -0.3 is 10.1 Å². The highest BCUT2D eigenvalue weighted by molar-refractivity contribution is 9.10. The van der Waals surface area contributed by atoms with E-state index in [0.29, 0.717) is 0 Å². The lowest BCUT2D eigenvalue weighted by Crippen LogP contribution is -2.12. The van der Waals surface area contributed by atoms with Crippen LogP contribution >= 0.6 is 15.9 Å². The molecule has 98 valence electrons. The summed E-state index contributed by atoms with van der Waals surface area (Å²) in [4.78, 5) is 25.1. The topological polar surface area (TPSA) is 90.9 Å². The number of nitro groups is 1. The number of rotatable bonds is 4. The van der Waals surface area contributed by atoms with Gasteiger partial charge in [-0.2, -0.15) is 4.68 Å². The molecule has 1 aromatic heterocycles. The second-order valence-corrected chi connectivity index (χ2v) is 4.23. The van der Waals surface area contributed by atoms with Gasteiger partial charge in [0.15, 0.2) is 5.78 Å². The van der Waals surface area contributed by atoms with Gasteiger partial charge in [0.25, 0.3) is 4.73 Å². The van der Waals surface area contributed by atoms with E-state index < -0.39 is 16.7 Å². The molecular formula is C10H6BrFN4O3. The van der Waals surface area contributed by atoms with Crippen LogP contribution in [0.25, 0.3) is 0 Å². The molecule has 0 atom stereocenters. The molecule has 0 saturated heterocycles. The van der Waals surface area contributed by atoms with E-state index in [9.17, 15) is 19.3 Å². The molecule has 1 heterocycles. The van der Waals surface area contributed by atoms with Crippen LogP contribution in [0.5, 0.6) is 0 Å². The number of halogens is 2. The SMILES string of the molecule is O=C(Cn1nc([N+](=O)[O-])nc1Br)c1ccc(F)cc1. The maximum Gasteiger partial charge on any atom is 0.492 e. The maximum atomic E-state index is 12.7. The highest BCUT2D eigenvalue weighted by Crippen LogP contribution is 2.13. The van der Waals surface area contributed by atoms with Crippen LogP contribution in [0.1, 0.15) is 10.4 Å². The Labute approximate surface area is 114 Å². The number of nitrogens with zero attached hydrogens (tertiary/aromatic N) is 4. The van der Waals surface area contributed by atoms with Crippen LogP contribution < -0.4 is 0 Å². The van der Waals surface area contributed by atoms with Gasteiger partial charge in [-0.05, 0) is 34.2 Å². The third kappa shape index (κ3) is 2.99. The smallest absolute Gasteiger partial charge is 0.390 e. The first-order valence-electron chi connectivity index (χ1n) is 5.01. The van der Waals surface area contributed by atoms with Crippen LogP contribution in [0.2, 0.25) is 0 Å². The Hall–Kier alpha value is -2.16. The fourth-order valence-electron chi connectivity index (χ4n) is 1.35. The van der Waals surface area contributed by atoms with Gasteiger partial charge in [-0.25, -0.2) is 4.39 Å². The Morgan fingerprint density at radius 2 is 2.05 bits per heavy atom. The van der Waals surface area contributed by atoms with Gasteiger partial charge in [0, 0.05) is 26.6 Å². The van der Waals surface area contributed by atoms with Crippen molar-refractivity contribution in [2.24, 2.45) is 0 Å². The molecule has 0 radical (unpaired) electrons. The summed E-state index contributed by atoms with van der Waals surface area (Å²) >= 11 is 2.97. The van der Waals surface area contributed by atoms with E-state index in [1.165, 1.54) is 12.1 Å². The third-order valence-corrected chi connectivity index (χ3v) is 2.82. The van der Waals surface area contributed by atoms with E-state index >= 15 is 0 Å². The molecular weight excluding hydrogens is 323 g/mol. The van der Waals surface area contributed by atoms with Crippen molar-refractivity contribution in [3.8, 4) is 0 Å². The van der Waals surface area contributed by atoms with Crippen LogP contribution in [0.4, 0.5) is 10.3 Å². The lowest BCUT2D eigenvalue weighted by molar-refractivity contribution is -0.394. The summed E-state index contributed by atoms with van der Waals surface area (Å²) in [6.45, 7) is -0.229. The molecule has 0 spiro atoms. The predicted octanol–water partition coefficient (Wildman–Crippen LogP) is 1.97. The fraction of sp³-hybridized carbons (Fsp3) is 0.100. The summed E-state index contributed by atoms with van der Waals surface area (Å²) in [5.74, 6) is -1.41. The summed E-state index contributed by atoms with van der Waals surface area (Å²) in [5.41, 5.74) is 0.284. The van der Waals surface area contributed by atoms with Crippen LogP contribution in [0.15, 0.2) is 29.0 Å². The van der Waals surface area contributed by atoms with Crippen molar-refractivity contribution in [2.45, 2.75) is 6.54 Å². The van der Waals surface area contributed by atoms with Crippen molar-refractivity contribution in [2.75, 3.05) is 0 Å². The molecule has 0 bridgehead atoms. The first-order chi connectivity index (χ1) is 8.97. The number of ketones is 1. The molecule has 0 unspecified atom stereocenters. The van der Waals surface area contributed by atoms with Crippen molar-refractivity contribution in [1.29, 1.82) is 0 Å². The van der Waals surface area contributed by atoms with Gasteiger partial charge in [0.05, 0.1) is 0 Å². The van der Waals surface area contributed by atoms with Crippen molar-refractivity contribution < 1.29 is 14.1 Å². The molecule has 0 saturated carbocycles. The molecule has 1 aromatic carbocycles. The minimum absolute atomic E-state index is 0.0784. The second kappa shape index (κ2) is 5.22. The highest BCUT2D eigenvalue weighted by Gasteiger charge is 2.21. The summed E-state index contributed by atoms with van der Waals surface area (Å²) in [6.07, 6.45) is 0. The summed E-state index contributed by atoms with van der Waals surface area (Å²) in [6, 6.07) is 4.98. The van der Waals surface area contributed by atoms with Crippen molar-refractivity contribution >= 4 is 27.7 Å². The highest BCUT2D eigenvalue weighted by atomic mass is 79.9. The zero-order valence-corrected chi connectivity index (χ0v) is 10.9. The van der Waals surface area contributed by atoms with Gasteiger partial charge in [-0.1, -0.05) is 0 Å². The molecule has 9 heteroatoms. The van der Waals surface area contributed by atoms with Crippen LogP contribution in [0, 0.1) is 15.9 Å². The average Bonchev–Trinajstić information content (AvgIpc) is 2.72. The van der Waals surface area contributed by atoms with E-state index in [0.717, 1.165) is 16.8 Å². The monoisotopic (exact) mass is 328 g/mol. The Morgan fingerprint density at radius 3 is 2.58 bits per heavy atom. The molecule has 2 aromatic rings. The van der Waals surface area contributed by atoms with Crippen molar-refractivity contribution in [3.05, 3.63) is 50.5 Å². The maximum absolute atomic E-state index is 12.7. The van der Waals surface area contributed by atoms with E-state index in [4.69, 9.17) is 0 Å². The molecule has 0 aliphatic carbocycles. The molecule has 0 fully saturated rings. The van der Waals surface area contributed by atoms with Crippen molar-refractivity contribution in [1.82, 2.24) is 14.8 Å². The average molecular weight is 329 g/mol. The number of carbonyl (C=O) groups is 1. The fourth-order valence-corrected chi connectivity index (χ4v) is 1.72. The number of hydrogen-bond donors (Lipinski definition) is 0. The molecule has 19 heavy (non-hydrogen) atoms. The number of hydrogen-bond acceptors (Lipinski definition) is 5.